The summed E-state index contributed by atoms with van der Waals surface area (Å²) in [5.74, 6) is 0. The van der Waals surface area contributed by atoms with Gasteiger partial charge in [-0.05, 0) is 67.6 Å². The van der Waals surface area contributed by atoms with Gasteiger partial charge in [-0.1, -0.05) is 140 Å². The van der Waals surface area contributed by atoms with Crippen molar-refractivity contribution in [1.29, 1.82) is 0 Å². The van der Waals surface area contributed by atoms with Crippen LogP contribution in [0.25, 0.3) is 97.0 Å². The first-order chi connectivity index (χ1) is 22.8. The maximum absolute atomic E-state index is 6.65. The average Bonchev–Trinajstić information content (AvgIpc) is 3.69. The molecule has 10 aromatic rings. The lowest BCUT2D eigenvalue weighted by Gasteiger charge is -2.18. The van der Waals surface area contributed by atoms with Crippen molar-refractivity contribution < 1.29 is 4.42 Å². The molecule has 0 aliphatic rings. The van der Waals surface area contributed by atoms with Gasteiger partial charge in [0, 0.05) is 36.5 Å². The van der Waals surface area contributed by atoms with Crippen molar-refractivity contribution >= 4 is 75.0 Å². The molecule has 2 aromatic heterocycles. The van der Waals surface area contributed by atoms with E-state index in [0.29, 0.717) is 0 Å². The third-order valence-corrected chi connectivity index (χ3v) is 10.6. The summed E-state index contributed by atoms with van der Waals surface area (Å²) in [6.45, 7) is 0. The molecule has 2 heterocycles. The lowest BCUT2D eigenvalue weighted by Crippen LogP contribution is -1.90. The van der Waals surface area contributed by atoms with Gasteiger partial charge in [-0.25, -0.2) is 0 Å². The van der Waals surface area contributed by atoms with Gasteiger partial charge in [0.15, 0.2) is 0 Å². The molecule has 214 valence electrons. The molecule has 0 bridgehead atoms. The molecule has 0 aliphatic heterocycles. The molecule has 1 nitrogen and oxygen atoms in total. The number of hydrogen-bond donors (Lipinski definition) is 0. The van der Waals surface area contributed by atoms with Crippen LogP contribution < -0.4 is 0 Å². The van der Waals surface area contributed by atoms with Crippen molar-refractivity contribution in [2.75, 3.05) is 0 Å². The Morgan fingerprint density at radius 3 is 1.52 bits per heavy atom. The molecule has 0 atom stereocenters. The maximum atomic E-state index is 6.65. The standard InChI is InChI=1S/C44H26OS/c1-2-12-28(13-3-1)40-30-14-4-6-16-32(30)41(33-17-7-5-15-31(33)40)29-24-22-27(23-25-29)36-26-39-42(35-19-9-11-21-38(35)46-39)43-34-18-8-10-20-37(34)45-44(36)43/h1-26H. The second kappa shape index (κ2) is 9.90. The molecule has 2 heteroatoms. The topological polar surface area (TPSA) is 13.1 Å². The van der Waals surface area contributed by atoms with E-state index in [-0.39, 0.29) is 0 Å². The van der Waals surface area contributed by atoms with Crippen LogP contribution in [-0.2, 0) is 0 Å². The zero-order chi connectivity index (χ0) is 30.2. The van der Waals surface area contributed by atoms with Crippen LogP contribution in [0.15, 0.2) is 162 Å². The minimum atomic E-state index is 0.926. The molecule has 8 aromatic carbocycles. The molecular weight excluding hydrogens is 577 g/mol. The minimum absolute atomic E-state index is 0.926. The third kappa shape index (κ3) is 3.68. The Bertz CT molecular complexity index is 2730. The van der Waals surface area contributed by atoms with Crippen LogP contribution in [0.3, 0.4) is 0 Å². The fourth-order valence-corrected chi connectivity index (χ4v) is 8.64. The van der Waals surface area contributed by atoms with Gasteiger partial charge in [-0.2, -0.15) is 0 Å². The first kappa shape index (κ1) is 25.6. The summed E-state index contributed by atoms with van der Waals surface area (Å²) in [4.78, 5) is 0. The summed E-state index contributed by atoms with van der Waals surface area (Å²) in [7, 11) is 0. The SMILES string of the molecule is c1ccc(-c2c3ccccc3c(-c3ccc(-c4cc5sc6ccccc6c5c5c4oc4ccccc45)cc3)c3ccccc23)cc1. The van der Waals surface area contributed by atoms with Crippen molar-refractivity contribution in [2.45, 2.75) is 0 Å². The Labute approximate surface area is 269 Å². The lowest BCUT2D eigenvalue weighted by molar-refractivity contribution is 0.670. The van der Waals surface area contributed by atoms with Gasteiger partial charge in [-0.3, -0.25) is 0 Å². The van der Waals surface area contributed by atoms with Crippen molar-refractivity contribution in [1.82, 2.24) is 0 Å². The van der Waals surface area contributed by atoms with E-state index in [1.165, 1.54) is 74.7 Å². The number of rotatable bonds is 3. The summed E-state index contributed by atoms with van der Waals surface area (Å²) < 4.78 is 9.24. The molecule has 0 spiro atoms. The molecule has 0 aliphatic carbocycles. The fraction of sp³-hybridized carbons (Fsp3) is 0. The predicted octanol–water partition coefficient (Wildman–Crippen LogP) is 13.3. The zero-order valence-electron chi connectivity index (χ0n) is 24.8. The molecule has 0 amide bonds. The van der Waals surface area contributed by atoms with Gasteiger partial charge in [0.2, 0.25) is 0 Å². The van der Waals surface area contributed by atoms with Gasteiger partial charge in [0.1, 0.15) is 11.2 Å². The van der Waals surface area contributed by atoms with Crippen LogP contribution in [0.5, 0.6) is 0 Å². The van der Waals surface area contributed by atoms with E-state index >= 15 is 0 Å². The number of thiophene rings is 1. The molecule has 0 unspecified atom stereocenters. The molecule has 0 saturated carbocycles. The monoisotopic (exact) mass is 602 g/mol. The maximum Gasteiger partial charge on any atom is 0.143 e. The molecule has 46 heavy (non-hydrogen) atoms. The summed E-state index contributed by atoms with van der Waals surface area (Å²) in [5, 5.41) is 10.0. The highest BCUT2D eigenvalue weighted by Crippen LogP contribution is 2.47. The average molecular weight is 603 g/mol. The van der Waals surface area contributed by atoms with Crippen molar-refractivity contribution in [2.24, 2.45) is 0 Å². The zero-order valence-corrected chi connectivity index (χ0v) is 25.6. The van der Waals surface area contributed by atoms with E-state index in [2.05, 4.69) is 158 Å². The molecule has 0 fully saturated rings. The smallest absolute Gasteiger partial charge is 0.143 e. The highest BCUT2D eigenvalue weighted by atomic mass is 32.1. The van der Waals surface area contributed by atoms with Crippen molar-refractivity contribution in [3.8, 4) is 33.4 Å². The Morgan fingerprint density at radius 1 is 0.370 bits per heavy atom. The number of fused-ring (bicyclic) bond motifs is 9. The normalized spacial score (nSPS) is 11.9. The highest BCUT2D eigenvalue weighted by Gasteiger charge is 2.20. The largest absolute Gasteiger partial charge is 0.455 e. The Morgan fingerprint density at radius 2 is 0.870 bits per heavy atom. The van der Waals surface area contributed by atoms with Gasteiger partial charge < -0.3 is 4.42 Å². The Kier molecular flexibility index (Phi) is 5.51. The summed E-state index contributed by atoms with van der Waals surface area (Å²) in [6, 6.07) is 57.1. The summed E-state index contributed by atoms with van der Waals surface area (Å²) >= 11 is 1.86. The van der Waals surface area contributed by atoms with Crippen molar-refractivity contribution in [3.05, 3.63) is 158 Å². The van der Waals surface area contributed by atoms with Crippen LogP contribution in [-0.4, -0.2) is 0 Å². The highest BCUT2D eigenvalue weighted by molar-refractivity contribution is 7.26. The predicted molar refractivity (Wildman–Crippen MR) is 198 cm³/mol. The fourth-order valence-electron chi connectivity index (χ4n) is 7.49. The summed E-state index contributed by atoms with van der Waals surface area (Å²) in [6.07, 6.45) is 0. The van der Waals surface area contributed by atoms with E-state index in [4.69, 9.17) is 4.42 Å². The number of hydrogen-bond acceptors (Lipinski definition) is 2. The van der Waals surface area contributed by atoms with E-state index in [1.807, 2.05) is 11.3 Å². The molecule has 10 rings (SSSR count). The molecule has 0 N–H and O–H groups in total. The van der Waals surface area contributed by atoms with E-state index in [0.717, 1.165) is 22.3 Å². The van der Waals surface area contributed by atoms with Crippen LogP contribution in [0, 0.1) is 0 Å². The Balaban J connectivity index is 1.22. The van der Waals surface area contributed by atoms with Gasteiger partial charge in [0.05, 0.1) is 0 Å². The first-order valence-electron chi connectivity index (χ1n) is 15.7. The first-order valence-corrected chi connectivity index (χ1v) is 16.5. The molecular formula is C44H26OS. The van der Waals surface area contributed by atoms with E-state index < -0.39 is 0 Å². The number of furan rings is 1. The van der Waals surface area contributed by atoms with Crippen LogP contribution >= 0.6 is 11.3 Å². The van der Waals surface area contributed by atoms with Crippen LogP contribution in [0.2, 0.25) is 0 Å². The van der Waals surface area contributed by atoms with E-state index in [9.17, 15) is 0 Å². The Hall–Kier alpha value is -5.70. The molecule has 0 radical (unpaired) electrons. The minimum Gasteiger partial charge on any atom is -0.455 e. The van der Waals surface area contributed by atoms with Crippen LogP contribution in [0.1, 0.15) is 0 Å². The van der Waals surface area contributed by atoms with Crippen LogP contribution in [0.4, 0.5) is 0 Å². The third-order valence-electron chi connectivity index (χ3n) is 9.47. The van der Waals surface area contributed by atoms with E-state index in [1.54, 1.807) is 0 Å². The van der Waals surface area contributed by atoms with Gasteiger partial charge in [0.25, 0.3) is 0 Å². The van der Waals surface area contributed by atoms with Gasteiger partial charge in [-0.15, -0.1) is 11.3 Å². The summed E-state index contributed by atoms with van der Waals surface area (Å²) in [5.41, 5.74) is 9.17. The molecule has 0 saturated heterocycles. The van der Waals surface area contributed by atoms with Crippen molar-refractivity contribution in [3.63, 3.8) is 0 Å². The number of para-hydroxylation sites is 1. The number of benzene rings is 8. The lowest BCUT2D eigenvalue weighted by atomic mass is 9.85. The quantitative estimate of drug-likeness (QED) is 0.183. The second-order valence-corrected chi connectivity index (χ2v) is 13.1. The van der Waals surface area contributed by atoms with Gasteiger partial charge >= 0.3 is 0 Å². The second-order valence-electron chi connectivity index (χ2n) is 12.0.